The molecule has 0 saturated heterocycles. The van der Waals surface area contributed by atoms with Gasteiger partial charge < -0.3 is 24.4 Å². The highest BCUT2D eigenvalue weighted by Crippen LogP contribution is 2.38. The molecule has 0 fully saturated rings. The second kappa shape index (κ2) is 8.47. The average molecular weight is 503 g/mol. The van der Waals surface area contributed by atoms with Gasteiger partial charge in [0.25, 0.3) is 11.8 Å². The summed E-state index contributed by atoms with van der Waals surface area (Å²) in [6.07, 6.45) is 1.07. The summed E-state index contributed by atoms with van der Waals surface area (Å²) in [5.74, 6) is -6.28. The van der Waals surface area contributed by atoms with Crippen LogP contribution in [0.3, 0.4) is 0 Å². The van der Waals surface area contributed by atoms with Crippen LogP contribution in [0.2, 0.25) is 0 Å². The Morgan fingerprint density at radius 2 is 1.86 bits per heavy atom. The fraction of sp³-hybridized carbons (Fsp3) is 0.174. The fourth-order valence-electron chi connectivity index (χ4n) is 4.27. The number of aromatic hydroxyl groups is 1. The number of rotatable bonds is 3. The Morgan fingerprint density at radius 3 is 2.57 bits per heavy atom. The lowest BCUT2D eigenvalue weighted by Crippen LogP contribution is -2.45. The highest BCUT2D eigenvalue weighted by atomic mass is 32.2. The molecule has 2 unspecified atom stereocenters. The lowest BCUT2D eigenvalue weighted by atomic mass is 10.1. The maximum absolute atomic E-state index is 13.9. The van der Waals surface area contributed by atoms with Crippen LogP contribution >= 0.6 is 0 Å². The van der Waals surface area contributed by atoms with Gasteiger partial charge in [0, 0.05) is 30.4 Å². The number of aromatic nitrogens is 1. The second-order valence-corrected chi connectivity index (χ2v) is 9.52. The van der Waals surface area contributed by atoms with E-state index in [0.29, 0.717) is 22.7 Å². The van der Waals surface area contributed by atoms with Crippen molar-refractivity contribution in [2.45, 2.75) is 17.5 Å². The quantitative estimate of drug-likeness (QED) is 0.532. The van der Waals surface area contributed by atoms with Crippen molar-refractivity contribution < 1.29 is 32.4 Å². The number of amides is 2. The summed E-state index contributed by atoms with van der Waals surface area (Å²) in [6, 6.07) is 6.86. The number of fused-ring (bicyclic) bond motifs is 6. The van der Waals surface area contributed by atoms with E-state index in [9.17, 15) is 37.2 Å². The SMILES string of the molecule is O=C(NCc1c(F)cc(F)cc1F)c1cn2c(c(O)c1=O)C(=O)N1CC2C[S+]([O-])c2ccccc21. The number of hydrogen-bond acceptors (Lipinski definition) is 5. The maximum atomic E-state index is 13.9. The van der Waals surface area contributed by atoms with Crippen LogP contribution in [-0.4, -0.2) is 38.3 Å². The second-order valence-electron chi connectivity index (χ2n) is 8.06. The van der Waals surface area contributed by atoms with Gasteiger partial charge in [-0.1, -0.05) is 12.1 Å². The Bertz CT molecular complexity index is 1440. The molecule has 2 aromatic carbocycles. The predicted octanol–water partition coefficient (Wildman–Crippen LogP) is 2.22. The van der Waals surface area contributed by atoms with Crippen molar-refractivity contribution in [3.63, 3.8) is 0 Å². The van der Waals surface area contributed by atoms with Crippen molar-refractivity contribution in [3.05, 3.63) is 87.1 Å². The van der Waals surface area contributed by atoms with Crippen molar-refractivity contribution in [2.75, 3.05) is 17.2 Å². The molecule has 0 radical (unpaired) electrons. The van der Waals surface area contributed by atoms with Gasteiger partial charge in [-0.25, -0.2) is 13.2 Å². The Labute approximate surface area is 198 Å². The number of benzene rings is 2. The van der Waals surface area contributed by atoms with Gasteiger partial charge in [-0.3, -0.25) is 14.4 Å². The van der Waals surface area contributed by atoms with E-state index >= 15 is 0 Å². The number of carbonyl (C=O) groups is 2. The van der Waals surface area contributed by atoms with Crippen molar-refractivity contribution in [1.82, 2.24) is 9.88 Å². The minimum Gasteiger partial charge on any atom is -0.611 e. The molecule has 5 rings (SSSR count). The third-order valence-electron chi connectivity index (χ3n) is 5.97. The molecule has 8 nitrogen and oxygen atoms in total. The molecule has 0 saturated carbocycles. The number of carbonyl (C=O) groups excluding carboxylic acids is 2. The predicted molar refractivity (Wildman–Crippen MR) is 118 cm³/mol. The molecule has 3 heterocycles. The first-order valence-corrected chi connectivity index (χ1v) is 11.7. The zero-order valence-electron chi connectivity index (χ0n) is 17.8. The van der Waals surface area contributed by atoms with E-state index < -0.39 is 75.3 Å². The van der Waals surface area contributed by atoms with Crippen molar-refractivity contribution in [2.24, 2.45) is 0 Å². The monoisotopic (exact) mass is 503 g/mol. The fourth-order valence-corrected chi connectivity index (χ4v) is 5.71. The zero-order chi connectivity index (χ0) is 25.0. The lowest BCUT2D eigenvalue weighted by molar-refractivity contribution is 0.0930. The largest absolute Gasteiger partial charge is 0.611 e. The number of hydrogen-bond donors (Lipinski definition) is 2. The molecule has 0 spiro atoms. The maximum Gasteiger partial charge on any atom is 0.279 e. The van der Waals surface area contributed by atoms with Gasteiger partial charge in [0.15, 0.2) is 16.3 Å². The Morgan fingerprint density at radius 1 is 1.17 bits per heavy atom. The van der Waals surface area contributed by atoms with Crippen molar-refractivity contribution in [1.29, 1.82) is 0 Å². The first-order valence-electron chi connectivity index (χ1n) is 10.4. The van der Waals surface area contributed by atoms with E-state index in [4.69, 9.17) is 0 Å². The van der Waals surface area contributed by atoms with Crippen molar-refractivity contribution in [3.8, 4) is 5.75 Å². The molecule has 2 N–H and O–H groups in total. The lowest BCUT2D eigenvalue weighted by Gasteiger charge is -2.33. The van der Waals surface area contributed by atoms with E-state index in [1.807, 2.05) is 0 Å². The summed E-state index contributed by atoms with van der Waals surface area (Å²) >= 11 is -1.52. The van der Waals surface area contributed by atoms with Gasteiger partial charge in [-0.15, -0.1) is 0 Å². The summed E-state index contributed by atoms with van der Waals surface area (Å²) in [6.45, 7) is -0.613. The number of pyridine rings is 1. The average Bonchev–Trinajstić information content (AvgIpc) is 2.94. The molecule has 12 heteroatoms. The minimum absolute atomic E-state index is 0.0448. The van der Waals surface area contributed by atoms with Gasteiger partial charge in [-0.05, 0) is 23.3 Å². The Kier molecular flexibility index (Phi) is 5.56. The molecule has 35 heavy (non-hydrogen) atoms. The summed E-state index contributed by atoms with van der Waals surface area (Å²) in [5.41, 5.74) is -2.31. The van der Waals surface area contributed by atoms with Gasteiger partial charge in [0.2, 0.25) is 5.43 Å². The van der Waals surface area contributed by atoms with Crippen LogP contribution in [0.5, 0.6) is 5.75 Å². The molecule has 3 aromatic rings. The van der Waals surface area contributed by atoms with Gasteiger partial charge >= 0.3 is 0 Å². The molecule has 0 aliphatic carbocycles. The molecular weight excluding hydrogens is 487 g/mol. The summed E-state index contributed by atoms with van der Waals surface area (Å²) < 4.78 is 55.1. The standard InChI is InChI=1S/C23H16F3N3O5S/c24-11-5-15(25)13(16(26)6-11)7-27-22(32)14-9-28-12-8-29(23(33)19(28)21(31)20(14)30)17-3-1-2-4-18(17)35(34)10-12/h1-6,9,12,31H,7-8,10H2,(H,27,32). The van der Waals surface area contributed by atoms with Gasteiger partial charge in [0.05, 0.1) is 18.3 Å². The Hall–Kier alpha value is -3.77. The van der Waals surface area contributed by atoms with E-state index in [-0.39, 0.29) is 18.0 Å². The normalized spacial score (nSPS) is 18.5. The van der Waals surface area contributed by atoms with Crippen LogP contribution in [0.25, 0.3) is 0 Å². The third-order valence-corrected chi connectivity index (χ3v) is 7.49. The Balaban J connectivity index is 1.52. The van der Waals surface area contributed by atoms with E-state index in [1.165, 1.54) is 9.47 Å². The summed E-state index contributed by atoms with van der Waals surface area (Å²) in [4.78, 5) is 40.5. The highest BCUT2D eigenvalue weighted by Gasteiger charge is 2.42. The zero-order valence-corrected chi connectivity index (χ0v) is 18.6. The van der Waals surface area contributed by atoms with E-state index in [1.54, 1.807) is 24.3 Å². The molecule has 180 valence electrons. The number of halogens is 3. The molecule has 1 aromatic heterocycles. The van der Waals surface area contributed by atoms with Gasteiger partial charge in [-0.2, -0.15) is 0 Å². The molecule has 2 amide bonds. The van der Waals surface area contributed by atoms with Crippen LogP contribution in [-0.2, 0) is 17.7 Å². The van der Waals surface area contributed by atoms with Crippen LogP contribution < -0.4 is 15.6 Å². The van der Waals surface area contributed by atoms with Crippen LogP contribution in [0.1, 0.15) is 32.5 Å². The molecule has 2 bridgehead atoms. The molecule has 2 aliphatic heterocycles. The molecule has 2 atom stereocenters. The van der Waals surface area contributed by atoms with Crippen LogP contribution in [0.4, 0.5) is 18.9 Å². The minimum atomic E-state index is -1.52. The summed E-state index contributed by atoms with van der Waals surface area (Å²) in [7, 11) is 0. The molecule has 2 aliphatic rings. The number of anilines is 1. The first kappa shape index (κ1) is 23.0. The van der Waals surface area contributed by atoms with E-state index in [2.05, 4.69) is 5.32 Å². The highest BCUT2D eigenvalue weighted by molar-refractivity contribution is 7.91. The number of para-hydroxylation sites is 1. The van der Waals surface area contributed by atoms with Crippen molar-refractivity contribution >= 4 is 28.7 Å². The third kappa shape index (κ3) is 3.74. The first-order chi connectivity index (χ1) is 16.7. The summed E-state index contributed by atoms with van der Waals surface area (Å²) in [5, 5.41) is 12.8. The topological polar surface area (TPSA) is 115 Å². The van der Waals surface area contributed by atoms with Crippen LogP contribution in [0, 0.1) is 17.5 Å². The van der Waals surface area contributed by atoms with Crippen LogP contribution in [0.15, 0.2) is 52.3 Å². The smallest absolute Gasteiger partial charge is 0.279 e. The molecular formula is C23H16F3N3O5S. The number of nitrogens with one attached hydrogen (secondary N) is 1. The van der Waals surface area contributed by atoms with E-state index in [0.717, 1.165) is 6.20 Å². The van der Waals surface area contributed by atoms with Gasteiger partial charge in [0.1, 0.15) is 28.8 Å². The number of nitrogens with zero attached hydrogens (tertiary/aromatic N) is 2.